The molecule has 2 N–H and O–H groups in total. The van der Waals surface area contributed by atoms with Crippen molar-refractivity contribution in [2.24, 2.45) is 17.6 Å². The molecule has 2 rings (SSSR count). The normalized spacial score (nSPS) is 27.6. The molecule has 16 heavy (non-hydrogen) atoms. The summed E-state index contributed by atoms with van der Waals surface area (Å²) in [6.45, 7) is 3.14. The Morgan fingerprint density at radius 3 is 2.56 bits per heavy atom. The summed E-state index contributed by atoms with van der Waals surface area (Å²) < 4.78 is 0. The SMILES string of the molecule is CC(CN)C1CCCCC1c1ccccc1. The average Bonchev–Trinajstić information content (AvgIpc) is 2.39. The molecule has 3 atom stereocenters. The van der Waals surface area contributed by atoms with E-state index in [1.54, 1.807) is 0 Å². The minimum absolute atomic E-state index is 0.658. The Bertz CT molecular complexity index is 306. The van der Waals surface area contributed by atoms with Gasteiger partial charge in [0, 0.05) is 0 Å². The summed E-state index contributed by atoms with van der Waals surface area (Å²) in [7, 11) is 0. The van der Waals surface area contributed by atoms with Crippen LogP contribution in [0.25, 0.3) is 0 Å². The minimum atomic E-state index is 0.658. The lowest BCUT2D eigenvalue weighted by atomic mass is 9.70. The highest BCUT2D eigenvalue weighted by atomic mass is 14.6. The fraction of sp³-hybridized carbons (Fsp3) is 0.600. The van der Waals surface area contributed by atoms with Crippen LogP contribution in [0, 0.1) is 11.8 Å². The molecule has 3 unspecified atom stereocenters. The molecule has 1 heteroatoms. The molecule has 0 saturated heterocycles. The summed E-state index contributed by atoms with van der Waals surface area (Å²) >= 11 is 0. The van der Waals surface area contributed by atoms with Gasteiger partial charge in [0.25, 0.3) is 0 Å². The van der Waals surface area contributed by atoms with Crippen molar-refractivity contribution in [1.82, 2.24) is 0 Å². The summed E-state index contributed by atoms with van der Waals surface area (Å²) in [5.41, 5.74) is 7.36. The number of benzene rings is 1. The number of hydrogen-bond acceptors (Lipinski definition) is 1. The first kappa shape index (κ1) is 11.7. The molecule has 88 valence electrons. The zero-order chi connectivity index (χ0) is 11.4. The molecule has 1 fully saturated rings. The molecular formula is C15H23N. The van der Waals surface area contributed by atoms with Crippen molar-refractivity contribution >= 4 is 0 Å². The second-order valence-electron chi connectivity index (χ2n) is 5.18. The van der Waals surface area contributed by atoms with E-state index >= 15 is 0 Å². The van der Waals surface area contributed by atoms with Crippen LogP contribution in [-0.4, -0.2) is 6.54 Å². The zero-order valence-electron chi connectivity index (χ0n) is 10.2. The highest BCUT2D eigenvalue weighted by molar-refractivity contribution is 5.21. The van der Waals surface area contributed by atoms with E-state index in [-0.39, 0.29) is 0 Å². The summed E-state index contributed by atoms with van der Waals surface area (Å²) in [4.78, 5) is 0. The number of rotatable bonds is 3. The fourth-order valence-electron chi connectivity index (χ4n) is 3.13. The Labute approximate surface area is 99.0 Å². The van der Waals surface area contributed by atoms with Crippen LogP contribution in [0.4, 0.5) is 0 Å². The molecule has 0 amide bonds. The molecule has 0 bridgehead atoms. The maximum absolute atomic E-state index is 5.84. The second kappa shape index (κ2) is 5.49. The maximum atomic E-state index is 5.84. The smallest absolute Gasteiger partial charge is 0.00486 e. The third-order valence-corrected chi connectivity index (χ3v) is 4.15. The van der Waals surface area contributed by atoms with Gasteiger partial charge in [0.1, 0.15) is 0 Å². The van der Waals surface area contributed by atoms with E-state index in [1.165, 1.54) is 31.2 Å². The highest BCUT2D eigenvalue weighted by Gasteiger charge is 2.29. The Morgan fingerprint density at radius 2 is 1.88 bits per heavy atom. The van der Waals surface area contributed by atoms with Gasteiger partial charge in [0.15, 0.2) is 0 Å². The van der Waals surface area contributed by atoms with Crippen molar-refractivity contribution in [3.05, 3.63) is 35.9 Å². The van der Waals surface area contributed by atoms with Crippen LogP contribution < -0.4 is 5.73 Å². The van der Waals surface area contributed by atoms with Gasteiger partial charge in [-0.15, -0.1) is 0 Å². The Hall–Kier alpha value is -0.820. The lowest BCUT2D eigenvalue weighted by molar-refractivity contribution is 0.230. The van der Waals surface area contributed by atoms with Crippen LogP contribution in [0.2, 0.25) is 0 Å². The molecule has 1 aliphatic carbocycles. The molecule has 0 heterocycles. The third kappa shape index (κ3) is 2.46. The molecule has 0 aromatic heterocycles. The standard InChI is InChI=1S/C15H23N/c1-12(11-16)14-9-5-6-10-15(14)13-7-3-2-4-8-13/h2-4,7-8,12,14-15H,5-6,9-11,16H2,1H3. The second-order valence-corrected chi connectivity index (χ2v) is 5.18. The van der Waals surface area contributed by atoms with Crippen LogP contribution in [0.1, 0.15) is 44.1 Å². The van der Waals surface area contributed by atoms with Gasteiger partial charge in [-0.1, -0.05) is 50.1 Å². The summed E-state index contributed by atoms with van der Waals surface area (Å²) in [5.74, 6) is 2.19. The first-order chi connectivity index (χ1) is 7.83. The molecule has 1 aliphatic rings. The van der Waals surface area contributed by atoms with Gasteiger partial charge in [-0.3, -0.25) is 0 Å². The lowest BCUT2D eigenvalue weighted by Gasteiger charge is -2.35. The average molecular weight is 217 g/mol. The van der Waals surface area contributed by atoms with Crippen molar-refractivity contribution in [3.8, 4) is 0 Å². The van der Waals surface area contributed by atoms with Gasteiger partial charge in [-0.25, -0.2) is 0 Å². The topological polar surface area (TPSA) is 26.0 Å². The summed E-state index contributed by atoms with van der Waals surface area (Å²) in [5, 5.41) is 0. The van der Waals surface area contributed by atoms with Crippen LogP contribution in [0.5, 0.6) is 0 Å². The van der Waals surface area contributed by atoms with E-state index in [0.29, 0.717) is 5.92 Å². The molecular weight excluding hydrogens is 194 g/mol. The molecule has 1 nitrogen and oxygen atoms in total. The van der Waals surface area contributed by atoms with Gasteiger partial charge >= 0.3 is 0 Å². The number of hydrogen-bond donors (Lipinski definition) is 1. The molecule has 0 aliphatic heterocycles. The van der Waals surface area contributed by atoms with Gasteiger partial charge in [0.2, 0.25) is 0 Å². The van der Waals surface area contributed by atoms with Crippen molar-refractivity contribution in [2.75, 3.05) is 6.54 Å². The predicted molar refractivity (Wildman–Crippen MR) is 69.4 cm³/mol. The van der Waals surface area contributed by atoms with Gasteiger partial charge in [0.05, 0.1) is 0 Å². The Morgan fingerprint density at radius 1 is 1.19 bits per heavy atom. The van der Waals surface area contributed by atoms with Crippen LogP contribution in [0.3, 0.4) is 0 Å². The van der Waals surface area contributed by atoms with Crippen molar-refractivity contribution in [1.29, 1.82) is 0 Å². The summed E-state index contributed by atoms with van der Waals surface area (Å²) in [6, 6.07) is 11.0. The lowest BCUT2D eigenvalue weighted by Crippen LogP contribution is -2.28. The van der Waals surface area contributed by atoms with E-state index in [9.17, 15) is 0 Å². The predicted octanol–water partition coefficient (Wildman–Crippen LogP) is 3.56. The molecule has 1 saturated carbocycles. The van der Waals surface area contributed by atoms with Gasteiger partial charge in [-0.05, 0) is 42.7 Å². The van der Waals surface area contributed by atoms with E-state index < -0.39 is 0 Å². The van der Waals surface area contributed by atoms with E-state index in [2.05, 4.69) is 37.3 Å². The van der Waals surface area contributed by atoms with Gasteiger partial charge < -0.3 is 5.73 Å². The Balaban J connectivity index is 2.16. The van der Waals surface area contributed by atoms with E-state index in [4.69, 9.17) is 5.73 Å². The quantitative estimate of drug-likeness (QED) is 0.823. The Kier molecular flexibility index (Phi) is 4.00. The fourth-order valence-corrected chi connectivity index (χ4v) is 3.13. The molecule has 1 aromatic rings. The van der Waals surface area contributed by atoms with Crippen molar-refractivity contribution < 1.29 is 0 Å². The molecule has 1 aromatic carbocycles. The van der Waals surface area contributed by atoms with E-state index in [0.717, 1.165) is 18.4 Å². The minimum Gasteiger partial charge on any atom is -0.330 e. The van der Waals surface area contributed by atoms with E-state index in [1.807, 2.05) is 0 Å². The van der Waals surface area contributed by atoms with Crippen molar-refractivity contribution in [2.45, 2.75) is 38.5 Å². The van der Waals surface area contributed by atoms with Crippen LogP contribution in [-0.2, 0) is 0 Å². The highest BCUT2D eigenvalue weighted by Crippen LogP contribution is 2.41. The van der Waals surface area contributed by atoms with Crippen LogP contribution in [0.15, 0.2) is 30.3 Å². The monoisotopic (exact) mass is 217 g/mol. The first-order valence-corrected chi connectivity index (χ1v) is 6.58. The number of nitrogens with two attached hydrogens (primary N) is 1. The third-order valence-electron chi connectivity index (χ3n) is 4.15. The molecule has 0 spiro atoms. The largest absolute Gasteiger partial charge is 0.330 e. The molecule has 0 radical (unpaired) electrons. The van der Waals surface area contributed by atoms with Crippen molar-refractivity contribution in [3.63, 3.8) is 0 Å². The van der Waals surface area contributed by atoms with Gasteiger partial charge in [-0.2, -0.15) is 0 Å². The maximum Gasteiger partial charge on any atom is -0.00486 e. The summed E-state index contributed by atoms with van der Waals surface area (Å²) in [6.07, 6.45) is 5.47. The zero-order valence-corrected chi connectivity index (χ0v) is 10.2. The first-order valence-electron chi connectivity index (χ1n) is 6.58. The van der Waals surface area contributed by atoms with Crippen LogP contribution >= 0.6 is 0 Å².